The standard InChI is InChI=1S/C27H31N3O3/c1-20-10-12-23(13-11-20)30(19-27(33)28-15-6-3-7-16-28)26(32)18-25-24-9-5-4-8-22(24)14-17-29(25)21(2)31/h4-5,8-14,17,25H,3,6-7,15-16,18-19H2,1-2H3. The third kappa shape index (κ3) is 5.16. The Morgan fingerprint density at radius 1 is 0.970 bits per heavy atom. The van der Waals surface area contributed by atoms with E-state index in [0.717, 1.165) is 49.0 Å². The zero-order valence-corrected chi connectivity index (χ0v) is 19.4. The third-order valence-electron chi connectivity index (χ3n) is 6.49. The SMILES string of the molecule is CC(=O)N1C=Cc2ccccc2C1CC(=O)N(CC(=O)N1CCCCC1)c1ccc(C)cc1. The fourth-order valence-electron chi connectivity index (χ4n) is 4.62. The summed E-state index contributed by atoms with van der Waals surface area (Å²) in [5, 5.41) is 0. The Morgan fingerprint density at radius 3 is 2.36 bits per heavy atom. The van der Waals surface area contributed by atoms with Gasteiger partial charge < -0.3 is 14.7 Å². The second-order valence-electron chi connectivity index (χ2n) is 8.85. The van der Waals surface area contributed by atoms with Gasteiger partial charge in [0.15, 0.2) is 0 Å². The van der Waals surface area contributed by atoms with Crippen molar-refractivity contribution in [1.29, 1.82) is 0 Å². The molecule has 6 nitrogen and oxygen atoms in total. The second-order valence-corrected chi connectivity index (χ2v) is 8.85. The molecule has 2 heterocycles. The first-order chi connectivity index (χ1) is 15.9. The highest BCUT2D eigenvalue weighted by Gasteiger charge is 2.31. The molecule has 2 aromatic rings. The number of benzene rings is 2. The van der Waals surface area contributed by atoms with Gasteiger partial charge in [-0.2, -0.15) is 0 Å². The van der Waals surface area contributed by atoms with E-state index >= 15 is 0 Å². The van der Waals surface area contributed by atoms with Crippen molar-refractivity contribution >= 4 is 29.5 Å². The molecule has 0 bridgehead atoms. The van der Waals surface area contributed by atoms with Crippen LogP contribution < -0.4 is 4.90 Å². The van der Waals surface area contributed by atoms with E-state index in [9.17, 15) is 14.4 Å². The van der Waals surface area contributed by atoms with E-state index in [0.29, 0.717) is 5.69 Å². The quantitative estimate of drug-likeness (QED) is 0.689. The van der Waals surface area contributed by atoms with Gasteiger partial charge in [-0.25, -0.2) is 0 Å². The molecule has 0 spiro atoms. The van der Waals surface area contributed by atoms with Crippen molar-refractivity contribution < 1.29 is 14.4 Å². The molecule has 1 atom stereocenters. The van der Waals surface area contributed by atoms with Crippen LogP contribution in [0.3, 0.4) is 0 Å². The first-order valence-electron chi connectivity index (χ1n) is 11.6. The minimum absolute atomic E-state index is 0.00612. The number of hydrogen-bond acceptors (Lipinski definition) is 3. The highest BCUT2D eigenvalue weighted by molar-refractivity contribution is 5.99. The van der Waals surface area contributed by atoms with E-state index in [-0.39, 0.29) is 30.7 Å². The summed E-state index contributed by atoms with van der Waals surface area (Å²) in [4.78, 5) is 44.2. The largest absolute Gasteiger partial charge is 0.341 e. The van der Waals surface area contributed by atoms with Crippen LogP contribution in [0.5, 0.6) is 0 Å². The van der Waals surface area contributed by atoms with E-state index in [1.165, 1.54) is 6.92 Å². The van der Waals surface area contributed by atoms with Gasteiger partial charge in [-0.3, -0.25) is 14.4 Å². The summed E-state index contributed by atoms with van der Waals surface area (Å²) in [7, 11) is 0. The summed E-state index contributed by atoms with van der Waals surface area (Å²) in [5.41, 5.74) is 3.72. The molecule has 0 aliphatic carbocycles. The van der Waals surface area contributed by atoms with Gasteiger partial charge in [0, 0.05) is 31.9 Å². The van der Waals surface area contributed by atoms with Crippen LogP contribution in [0.4, 0.5) is 5.69 Å². The van der Waals surface area contributed by atoms with Gasteiger partial charge in [-0.15, -0.1) is 0 Å². The van der Waals surface area contributed by atoms with Crippen molar-refractivity contribution in [3.05, 3.63) is 71.4 Å². The van der Waals surface area contributed by atoms with Crippen LogP contribution in [0.15, 0.2) is 54.7 Å². The normalized spacial score (nSPS) is 17.5. The monoisotopic (exact) mass is 445 g/mol. The molecule has 172 valence electrons. The summed E-state index contributed by atoms with van der Waals surface area (Å²) in [6.07, 6.45) is 6.89. The molecule has 1 fully saturated rings. The highest BCUT2D eigenvalue weighted by atomic mass is 16.2. The molecule has 0 N–H and O–H groups in total. The Labute approximate surface area is 195 Å². The second kappa shape index (κ2) is 10.0. The molecule has 1 saturated heterocycles. The number of rotatable bonds is 5. The molecule has 2 aliphatic heterocycles. The van der Waals surface area contributed by atoms with Crippen molar-refractivity contribution in [3.8, 4) is 0 Å². The number of anilines is 1. The van der Waals surface area contributed by atoms with E-state index < -0.39 is 6.04 Å². The van der Waals surface area contributed by atoms with E-state index in [2.05, 4.69) is 0 Å². The fraction of sp³-hybridized carbons (Fsp3) is 0.370. The minimum atomic E-state index is -0.408. The van der Waals surface area contributed by atoms with Gasteiger partial charge in [0.2, 0.25) is 17.7 Å². The predicted octanol–water partition coefficient (Wildman–Crippen LogP) is 4.30. The summed E-state index contributed by atoms with van der Waals surface area (Å²) < 4.78 is 0. The Bertz CT molecular complexity index is 1050. The molecule has 0 radical (unpaired) electrons. The molecule has 2 aromatic carbocycles. The molecule has 0 aromatic heterocycles. The lowest BCUT2D eigenvalue weighted by Crippen LogP contribution is -2.46. The first-order valence-corrected chi connectivity index (χ1v) is 11.6. The van der Waals surface area contributed by atoms with Gasteiger partial charge in [0.1, 0.15) is 6.54 Å². The minimum Gasteiger partial charge on any atom is -0.341 e. The Morgan fingerprint density at radius 2 is 1.67 bits per heavy atom. The summed E-state index contributed by atoms with van der Waals surface area (Å²) in [6, 6.07) is 15.1. The van der Waals surface area contributed by atoms with Crippen LogP contribution in [0.1, 0.15) is 55.3 Å². The number of carbonyl (C=O) groups is 3. The van der Waals surface area contributed by atoms with Gasteiger partial charge in [-0.1, -0.05) is 42.0 Å². The van der Waals surface area contributed by atoms with Gasteiger partial charge in [0.25, 0.3) is 0 Å². The molecular formula is C27H31N3O3. The number of nitrogens with zero attached hydrogens (tertiary/aromatic N) is 3. The lowest BCUT2D eigenvalue weighted by Gasteiger charge is -2.34. The molecular weight excluding hydrogens is 414 g/mol. The van der Waals surface area contributed by atoms with Crippen molar-refractivity contribution in [2.24, 2.45) is 0 Å². The van der Waals surface area contributed by atoms with E-state index in [4.69, 9.17) is 0 Å². The smallest absolute Gasteiger partial charge is 0.242 e. The zero-order chi connectivity index (χ0) is 23.4. The van der Waals surface area contributed by atoms with Crippen LogP contribution in [-0.2, 0) is 14.4 Å². The molecule has 2 aliphatic rings. The van der Waals surface area contributed by atoms with Crippen molar-refractivity contribution in [2.75, 3.05) is 24.5 Å². The highest BCUT2D eigenvalue weighted by Crippen LogP contribution is 2.34. The zero-order valence-electron chi connectivity index (χ0n) is 19.4. The van der Waals surface area contributed by atoms with E-state index in [1.807, 2.05) is 66.4 Å². The topological polar surface area (TPSA) is 60.9 Å². The number of carbonyl (C=O) groups excluding carboxylic acids is 3. The average Bonchev–Trinajstić information content (AvgIpc) is 2.83. The predicted molar refractivity (Wildman–Crippen MR) is 129 cm³/mol. The fourth-order valence-corrected chi connectivity index (χ4v) is 4.62. The molecule has 33 heavy (non-hydrogen) atoms. The van der Waals surface area contributed by atoms with Crippen molar-refractivity contribution in [2.45, 2.75) is 45.6 Å². The first kappa shape index (κ1) is 22.8. The number of piperidine rings is 1. The molecule has 3 amide bonds. The average molecular weight is 446 g/mol. The lowest BCUT2D eigenvalue weighted by molar-refractivity contribution is -0.133. The molecule has 1 unspecified atom stereocenters. The van der Waals surface area contributed by atoms with Crippen LogP contribution in [0, 0.1) is 6.92 Å². The Kier molecular flexibility index (Phi) is 6.92. The maximum Gasteiger partial charge on any atom is 0.242 e. The van der Waals surface area contributed by atoms with Gasteiger partial charge in [-0.05, 0) is 55.5 Å². The number of fused-ring (bicyclic) bond motifs is 1. The van der Waals surface area contributed by atoms with Crippen molar-refractivity contribution in [3.63, 3.8) is 0 Å². The molecule has 6 heteroatoms. The maximum atomic E-state index is 13.7. The lowest BCUT2D eigenvalue weighted by atomic mass is 9.93. The maximum absolute atomic E-state index is 13.7. The van der Waals surface area contributed by atoms with Crippen LogP contribution >= 0.6 is 0 Å². The van der Waals surface area contributed by atoms with Crippen molar-refractivity contribution in [1.82, 2.24) is 9.80 Å². The third-order valence-corrected chi connectivity index (χ3v) is 6.49. The molecule has 4 rings (SSSR count). The van der Waals surface area contributed by atoms with Crippen LogP contribution in [-0.4, -0.2) is 47.2 Å². The number of hydrogen-bond donors (Lipinski definition) is 0. The summed E-state index contributed by atoms with van der Waals surface area (Å²) >= 11 is 0. The number of likely N-dealkylation sites (tertiary alicyclic amines) is 1. The Hall–Kier alpha value is -3.41. The molecule has 0 saturated carbocycles. The van der Waals surface area contributed by atoms with Gasteiger partial charge >= 0.3 is 0 Å². The summed E-state index contributed by atoms with van der Waals surface area (Å²) in [5.74, 6) is -0.327. The Balaban J connectivity index is 1.61. The summed E-state index contributed by atoms with van der Waals surface area (Å²) in [6.45, 7) is 4.99. The van der Waals surface area contributed by atoms with Gasteiger partial charge in [0.05, 0.1) is 12.5 Å². The number of amides is 3. The van der Waals surface area contributed by atoms with Crippen LogP contribution in [0.25, 0.3) is 6.08 Å². The van der Waals surface area contributed by atoms with Crippen LogP contribution in [0.2, 0.25) is 0 Å². The number of aryl methyl sites for hydroxylation is 1. The van der Waals surface area contributed by atoms with E-state index in [1.54, 1.807) is 16.0 Å².